The molecule has 162 valence electrons. The van der Waals surface area contributed by atoms with Crippen molar-refractivity contribution in [1.29, 1.82) is 0 Å². The molecule has 3 aromatic carbocycles. The molecule has 0 saturated carbocycles. The fraction of sp³-hybridized carbons (Fsp3) is 0.231. The number of carbonyl (C=O) groups is 2. The summed E-state index contributed by atoms with van der Waals surface area (Å²) in [4.78, 5) is 26.1. The van der Waals surface area contributed by atoms with Gasteiger partial charge in [0.15, 0.2) is 0 Å². The molecule has 1 saturated heterocycles. The normalized spacial score (nSPS) is 19.5. The van der Waals surface area contributed by atoms with Crippen LogP contribution in [-0.4, -0.2) is 41.8 Å². The second-order valence-electron chi connectivity index (χ2n) is 8.31. The number of nitrogens with zero attached hydrogens (tertiary/aromatic N) is 1. The summed E-state index contributed by atoms with van der Waals surface area (Å²) in [5, 5.41) is 9.67. The van der Waals surface area contributed by atoms with Crippen LogP contribution in [0.5, 0.6) is 0 Å². The van der Waals surface area contributed by atoms with E-state index in [0.717, 1.165) is 22.3 Å². The third kappa shape index (κ3) is 3.51. The molecular formula is C26H22FNO4. The molecule has 1 aliphatic carbocycles. The Kier molecular flexibility index (Phi) is 5.13. The monoisotopic (exact) mass is 431 g/mol. The lowest BCUT2D eigenvalue weighted by Crippen LogP contribution is -2.31. The largest absolute Gasteiger partial charge is 0.481 e. The molecule has 0 spiro atoms. The van der Waals surface area contributed by atoms with E-state index in [4.69, 9.17) is 4.74 Å². The molecule has 32 heavy (non-hydrogen) atoms. The Balaban J connectivity index is 1.32. The first-order valence-corrected chi connectivity index (χ1v) is 10.6. The molecule has 6 heteroatoms. The van der Waals surface area contributed by atoms with Gasteiger partial charge in [-0.2, -0.15) is 0 Å². The molecule has 2 atom stereocenters. The first-order chi connectivity index (χ1) is 15.5. The number of likely N-dealkylation sites (tertiary alicyclic amines) is 1. The van der Waals surface area contributed by atoms with Gasteiger partial charge in [-0.3, -0.25) is 4.79 Å². The fourth-order valence-corrected chi connectivity index (χ4v) is 4.94. The number of carbonyl (C=O) groups excluding carboxylic acids is 1. The lowest BCUT2D eigenvalue weighted by atomic mass is 9.89. The Morgan fingerprint density at radius 3 is 2.09 bits per heavy atom. The number of rotatable bonds is 4. The number of amides is 1. The molecular weight excluding hydrogens is 409 g/mol. The minimum Gasteiger partial charge on any atom is -0.481 e. The van der Waals surface area contributed by atoms with Crippen molar-refractivity contribution in [3.8, 4) is 11.1 Å². The fourth-order valence-electron chi connectivity index (χ4n) is 4.94. The van der Waals surface area contributed by atoms with E-state index in [1.54, 1.807) is 12.1 Å². The van der Waals surface area contributed by atoms with Gasteiger partial charge in [0.1, 0.15) is 12.4 Å². The van der Waals surface area contributed by atoms with Crippen LogP contribution in [0.3, 0.4) is 0 Å². The zero-order chi connectivity index (χ0) is 22.2. The minimum atomic E-state index is -0.978. The van der Waals surface area contributed by atoms with Crippen LogP contribution < -0.4 is 0 Å². The average Bonchev–Trinajstić information content (AvgIpc) is 3.39. The van der Waals surface area contributed by atoms with Crippen molar-refractivity contribution in [3.63, 3.8) is 0 Å². The first kappa shape index (κ1) is 20.2. The molecule has 2 unspecified atom stereocenters. The summed E-state index contributed by atoms with van der Waals surface area (Å²) in [5.41, 5.74) is 5.24. The van der Waals surface area contributed by atoms with Crippen LogP contribution in [0, 0.1) is 11.7 Å². The quantitative estimate of drug-likeness (QED) is 0.640. The van der Waals surface area contributed by atoms with E-state index in [9.17, 15) is 19.1 Å². The van der Waals surface area contributed by atoms with Gasteiger partial charge in [0.25, 0.3) is 0 Å². The summed E-state index contributed by atoms with van der Waals surface area (Å²) >= 11 is 0. The van der Waals surface area contributed by atoms with Gasteiger partial charge in [-0.15, -0.1) is 0 Å². The number of halogens is 1. The molecule has 1 amide bonds. The highest BCUT2D eigenvalue weighted by Crippen LogP contribution is 2.44. The zero-order valence-electron chi connectivity index (χ0n) is 17.3. The number of aliphatic carboxylic acids is 1. The number of carboxylic acid groups (broad SMARTS) is 1. The third-order valence-electron chi connectivity index (χ3n) is 6.53. The van der Waals surface area contributed by atoms with E-state index in [1.165, 1.54) is 17.0 Å². The van der Waals surface area contributed by atoms with E-state index in [0.29, 0.717) is 5.56 Å². The summed E-state index contributed by atoms with van der Waals surface area (Å²) in [5.74, 6) is -2.59. The molecule has 2 aliphatic rings. The highest BCUT2D eigenvalue weighted by molar-refractivity contribution is 5.79. The number of hydrogen-bond acceptors (Lipinski definition) is 3. The highest BCUT2D eigenvalue weighted by Gasteiger charge is 2.41. The lowest BCUT2D eigenvalue weighted by Gasteiger charge is -2.19. The summed E-state index contributed by atoms with van der Waals surface area (Å²) in [7, 11) is 0. The van der Waals surface area contributed by atoms with Crippen LogP contribution in [0.4, 0.5) is 9.18 Å². The van der Waals surface area contributed by atoms with Crippen molar-refractivity contribution >= 4 is 12.1 Å². The summed E-state index contributed by atoms with van der Waals surface area (Å²) < 4.78 is 19.0. The van der Waals surface area contributed by atoms with Crippen LogP contribution >= 0.6 is 0 Å². The van der Waals surface area contributed by atoms with E-state index in [-0.39, 0.29) is 31.4 Å². The maximum absolute atomic E-state index is 13.3. The van der Waals surface area contributed by atoms with Crippen LogP contribution in [0.15, 0.2) is 72.8 Å². The van der Waals surface area contributed by atoms with Gasteiger partial charge in [-0.25, -0.2) is 9.18 Å². The predicted molar refractivity (Wildman–Crippen MR) is 117 cm³/mol. The van der Waals surface area contributed by atoms with Crippen LogP contribution in [0.2, 0.25) is 0 Å². The van der Waals surface area contributed by atoms with E-state index >= 15 is 0 Å². The second-order valence-corrected chi connectivity index (χ2v) is 8.31. The molecule has 3 aromatic rings. The van der Waals surface area contributed by atoms with Crippen molar-refractivity contribution in [2.24, 2.45) is 5.92 Å². The Morgan fingerprint density at radius 1 is 0.906 bits per heavy atom. The zero-order valence-corrected chi connectivity index (χ0v) is 17.3. The van der Waals surface area contributed by atoms with Crippen LogP contribution in [0.25, 0.3) is 11.1 Å². The maximum Gasteiger partial charge on any atom is 0.409 e. The molecule has 1 fully saturated rings. The van der Waals surface area contributed by atoms with Crippen molar-refractivity contribution in [2.75, 3.05) is 19.7 Å². The lowest BCUT2D eigenvalue weighted by molar-refractivity contribution is -0.141. The van der Waals surface area contributed by atoms with Crippen molar-refractivity contribution < 1.29 is 23.8 Å². The van der Waals surface area contributed by atoms with E-state index < -0.39 is 23.9 Å². The van der Waals surface area contributed by atoms with E-state index in [1.807, 2.05) is 24.3 Å². The van der Waals surface area contributed by atoms with Gasteiger partial charge in [0.2, 0.25) is 0 Å². The maximum atomic E-state index is 13.3. The number of carboxylic acids is 1. The molecule has 0 radical (unpaired) electrons. The number of ether oxygens (including phenoxy) is 1. The number of fused-ring (bicyclic) bond motifs is 3. The Bertz CT molecular complexity index is 1130. The van der Waals surface area contributed by atoms with Gasteiger partial charge >= 0.3 is 12.1 Å². The van der Waals surface area contributed by atoms with Gasteiger partial charge in [0, 0.05) is 24.9 Å². The average molecular weight is 431 g/mol. The Labute approximate surface area is 185 Å². The molecule has 1 heterocycles. The van der Waals surface area contributed by atoms with Crippen molar-refractivity contribution in [2.45, 2.75) is 11.8 Å². The van der Waals surface area contributed by atoms with Crippen LogP contribution in [0.1, 0.15) is 28.5 Å². The molecule has 1 aliphatic heterocycles. The van der Waals surface area contributed by atoms with Gasteiger partial charge < -0.3 is 14.7 Å². The van der Waals surface area contributed by atoms with E-state index in [2.05, 4.69) is 24.3 Å². The third-order valence-corrected chi connectivity index (χ3v) is 6.53. The number of benzene rings is 3. The molecule has 1 N–H and O–H groups in total. The Hall–Kier alpha value is -3.67. The van der Waals surface area contributed by atoms with Crippen LogP contribution in [-0.2, 0) is 9.53 Å². The second kappa shape index (κ2) is 8.11. The molecule has 0 aromatic heterocycles. The number of hydrogen-bond donors (Lipinski definition) is 1. The standard InChI is InChI=1S/C26H22FNO4/c27-17-11-9-16(10-12-17)22-13-28(14-23(22)25(29)30)26(31)32-15-24-20-7-3-1-5-18(20)19-6-2-4-8-21(19)24/h1-12,22-24H,13-15H2,(H,29,30). The topological polar surface area (TPSA) is 66.8 Å². The predicted octanol–water partition coefficient (Wildman–Crippen LogP) is 4.87. The summed E-state index contributed by atoms with van der Waals surface area (Å²) in [6.45, 7) is 0.468. The molecule has 5 nitrogen and oxygen atoms in total. The molecule has 5 rings (SSSR count). The van der Waals surface area contributed by atoms with Crippen molar-refractivity contribution in [1.82, 2.24) is 4.90 Å². The summed E-state index contributed by atoms with van der Waals surface area (Å²) in [6, 6.07) is 22.0. The minimum absolute atomic E-state index is 0.0582. The highest BCUT2D eigenvalue weighted by atomic mass is 19.1. The van der Waals surface area contributed by atoms with Gasteiger partial charge in [-0.05, 0) is 39.9 Å². The van der Waals surface area contributed by atoms with Gasteiger partial charge in [0.05, 0.1) is 5.92 Å². The Morgan fingerprint density at radius 2 is 1.50 bits per heavy atom. The molecule has 0 bridgehead atoms. The van der Waals surface area contributed by atoms with Crippen molar-refractivity contribution in [3.05, 3.63) is 95.3 Å². The first-order valence-electron chi connectivity index (χ1n) is 10.6. The summed E-state index contributed by atoms with van der Waals surface area (Å²) in [6.07, 6.45) is -0.525. The SMILES string of the molecule is O=C(O)C1CN(C(=O)OCC2c3ccccc3-c3ccccc32)CC1c1ccc(F)cc1. The smallest absolute Gasteiger partial charge is 0.409 e. The van der Waals surface area contributed by atoms with Gasteiger partial charge in [-0.1, -0.05) is 60.7 Å².